The van der Waals surface area contributed by atoms with Crippen LogP contribution in [0.25, 0.3) is 0 Å². The predicted octanol–water partition coefficient (Wildman–Crippen LogP) is 4.25. The molecule has 132 valence electrons. The third-order valence-electron chi connectivity index (χ3n) is 4.32. The molecule has 2 aromatic carbocycles. The fraction of sp³-hybridized carbons (Fsp3) is 0.381. The Morgan fingerprint density at radius 2 is 1.84 bits per heavy atom. The van der Waals surface area contributed by atoms with E-state index in [2.05, 4.69) is 31.3 Å². The summed E-state index contributed by atoms with van der Waals surface area (Å²) in [5, 5.41) is 3.19. The first kappa shape index (κ1) is 17.3. The largest absolute Gasteiger partial charge is 0.454 e. The summed E-state index contributed by atoms with van der Waals surface area (Å²) in [4.78, 5) is 12.4. The van der Waals surface area contributed by atoms with Crippen LogP contribution >= 0.6 is 0 Å². The van der Waals surface area contributed by atoms with Gasteiger partial charge < -0.3 is 14.8 Å². The van der Waals surface area contributed by atoms with Gasteiger partial charge >= 0.3 is 0 Å². The number of benzene rings is 2. The Balaban J connectivity index is 1.58. The summed E-state index contributed by atoms with van der Waals surface area (Å²) in [6, 6.07) is 16.1. The first-order chi connectivity index (χ1) is 12.1. The van der Waals surface area contributed by atoms with Crippen molar-refractivity contribution in [1.82, 2.24) is 5.32 Å². The maximum atomic E-state index is 12.4. The van der Waals surface area contributed by atoms with Crippen molar-refractivity contribution in [3.8, 4) is 11.5 Å². The minimum Gasteiger partial charge on any atom is -0.454 e. The van der Waals surface area contributed by atoms with E-state index in [4.69, 9.17) is 9.47 Å². The Kier molecular flexibility index (Phi) is 5.59. The topological polar surface area (TPSA) is 47.6 Å². The third-order valence-corrected chi connectivity index (χ3v) is 4.32. The van der Waals surface area contributed by atoms with Crippen LogP contribution < -0.4 is 14.8 Å². The van der Waals surface area contributed by atoms with Gasteiger partial charge in [-0.05, 0) is 42.0 Å². The molecular formula is C21H25NO3. The minimum absolute atomic E-state index is 0.0606. The number of ether oxygens (including phenoxy) is 2. The molecule has 3 rings (SSSR count). The molecule has 0 radical (unpaired) electrons. The predicted molar refractivity (Wildman–Crippen MR) is 97.7 cm³/mol. The Bertz CT molecular complexity index is 712. The molecule has 0 fully saturated rings. The first-order valence-electron chi connectivity index (χ1n) is 8.84. The van der Waals surface area contributed by atoms with Crippen LogP contribution in [0.2, 0.25) is 0 Å². The van der Waals surface area contributed by atoms with Gasteiger partial charge in [-0.25, -0.2) is 0 Å². The van der Waals surface area contributed by atoms with Gasteiger partial charge in [0.1, 0.15) is 0 Å². The van der Waals surface area contributed by atoms with Crippen LogP contribution in [-0.4, -0.2) is 12.7 Å². The second-order valence-corrected chi connectivity index (χ2v) is 6.85. The molecule has 0 saturated heterocycles. The lowest BCUT2D eigenvalue weighted by atomic mass is 9.96. The summed E-state index contributed by atoms with van der Waals surface area (Å²) in [6.07, 6.45) is 2.08. The number of hydrogen-bond acceptors (Lipinski definition) is 3. The molecule has 0 aromatic heterocycles. The number of rotatable bonds is 7. The number of amides is 1. The van der Waals surface area contributed by atoms with E-state index in [1.807, 2.05) is 36.4 Å². The van der Waals surface area contributed by atoms with E-state index in [0.29, 0.717) is 18.8 Å². The second kappa shape index (κ2) is 8.06. The molecule has 25 heavy (non-hydrogen) atoms. The van der Waals surface area contributed by atoms with Crippen LogP contribution in [0.1, 0.15) is 43.9 Å². The van der Waals surface area contributed by atoms with Crippen molar-refractivity contribution < 1.29 is 14.3 Å². The molecule has 2 aromatic rings. The monoisotopic (exact) mass is 339 g/mol. The van der Waals surface area contributed by atoms with Crippen molar-refractivity contribution in [2.75, 3.05) is 6.79 Å². The van der Waals surface area contributed by atoms with Gasteiger partial charge in [-0.1, -0.05) is 50.2 Å². The van der Waals surface area contributed by atoms with Gasteiger partial charge in [0.25, 0.3) is 0 Å². The molecule has 1 aliphatic heterocycles. The molecule has 1 aliphatic rings. The lowest BCUT2D eigenvalue weighted by molar-refractivity contribution is -0.121. The Morgan fingerprint density at radius 1 is 1.08 bits per heavy atom. The van der Waals surface area contributed by atoms with Gasteiger partial charge in [0.05, 0.1) is 6.04 Å². The molecule has 1 N–H and O–H groups in total. The fourth-order valence-electron chi connectivity index (χ4n) is 3.06. The number of nitrogens with one attached hydrogen (secondary N) is 1. The zero-order valence-electron chi connectivity index (χ0n) is 14.8. The molecule has 0 spiro atoms. The lowest BCUT2D eigenvalue weighted by Crippen LogP contribution is -2.29. The summed E-state index contributed by atoms with van der Waals surface area (Å²) in [7, 11) is 0. The average molecular weight is 339 g/mol. The highest BCUT2D eigenvalue weighted by Gasteiger charge is 2.17. The van der Waals surface area contributed by atoms with E-state index in [1.165, 1.54) is 0 Å². The molecule has 4 heteroatoms. The SMILES string of the molecule is CC(C)CC(NC(=O)CCc1ccc2c(c1)OCO2)c1ccccc1. The smallest absolute Gasteiger partial charge is 0.231 e. The van der Waals surface area contributed by atoms with Crippen LogP contribution in [0.3, 0.4) is 0 Å². The van der Waals surface area contributed by atoms with E-state index < -0.39 is 0 Å². The molecule has 1 atom stereocenters. The molecule has 0 bridgehead atoms. The number of carbonyl (C=O) groups excluding carboxylic acids is 1. The normalized spacial score (nSPS) is 13.7. The quantitative estimate of drug-likeness (QED) is 0.820. The zero-order chi connectivity index (χ0) is 17.6. The summed E-state index contributed by atoms with van der Waals surface area (Å²) in [6.45, 7) is 4.62. The third kappa shape index (κ3) is 4.75. The first-order valence-corrected chi connectivity index (χ1v) is 8.84. The molecule has 1 amide bonds. The van der Waals surface area contributed by atoms with Gasteiger partial charge in [0.2, 0.25) is 12.7 Å². The number of hydrogen-bond donors (Lipinski definition) is 1. The highest BCUT2D eigenvalue weighted by Crippen LogP contribution is 2.32. The van der Waals surface area contributed by atoms with Gasteiger partial charge in [-0.15, -0.1) is 0 Å². The maximum absolute atomic E-state index is 12.4. The summed E-state index contributed by atoms with van der Waals surface area (Å²) < 4.78 is 10.7. The Hall–Kier alpha value is -2.49. The van der Waals surface area contributed by atoms with E-state index >= 15 is 0 Å². The van der Waals surface area contributed by atoms with Crippen molar-refractivity contribution in [2.45, 2.75) is 39.2 Å². The maximum Gasteiger partial charge on any atom is 0.231 e. The van der Waals surface area contributed by atoms with Gasteiger partial charge in [0.15, 0.2) is 11.5 Å². The molecule has 4 nitrogen and oxygen atoms in total. The van der Waals surface area contributed by atoms with Gasteiger partial charge in [-0.3, -0.25) is 4.79 Å². The summed E-state index contributed by atoms with van der Waals surface area (Å²) in [5.74, 6) is 2.13. The second-order valence-electron chi connectivity index (χ2n) is 6.85. The number of carbonyl (C=O) groups is 1. The highest BCUT2D eigenvalue weighted by atomic mass is 16.7. The highest BCUT2D eigenvalue weighted by molar-refractivity contribution is 5.76. The van der Waals surface area contributed by atoms with Crippen molar-refractivity contribution in [3.63, 3.8) is 0 Å². The van der Waals surface area contributed by atoms with Crippen LogP contribution in [0, 0.1) is 5.92 Å². The molecule has 0 aliphatic carbocycles. The van der Waals surface area contributed by atoms with Gasteiger partial charge in [-0.2, -0.15) is 0 Å². The summed E-state index contributed by atoms with van der Waals surface area (Å²) in [5.41, 5.74) is 2.24. The standard InChI is InChI=1S/C21H25NO3/c1-15(2)12-18(17-6-4-3-5-7-17)22-21(23)11-9-16-8-10-19-20(13-16)25-14-24-19/h3-8,10,13,15,18H,9,11-12,14H2,1-2H3,(H,22,23). The van der Waals surface area contributed by atoms with Crippen molar-refractivity contribution in [1.29, 1.82) is 0 Å². The fourth-order valence-corrected chi connectivity index (χ4v) is 3.06. The van der Waals surface area contributed by atoms with Crippen molar-refractivity contribution in [2.24, 2.45) is 5.92 Å². The van der Waals surface area contributed by atoms with Gasteiger partial charge in [0, 0.05) is 6.42 Å². The van der Waals surface area contributed by atoms with Crippen molar-refractivity contribution >= 4 is 5.91 Å². The van der Waals surface area contributed by atoms with Crippen molar-refractivity contribution in [3.05, 3.63) is 59.7 Å². The summed E-state index contributed by atoms with van der Waals surface area (Å²) >= 11 is 0. The van der Waals surface area contributed by atoms with Crippen LogP contribution in [0.4, 0.5) is 0 Å². The number of fused-ring (bicyclic) bond motifs is 1. The van der Waals surface area contributed by atoms with Crippen LogP contribution in [-0.2, 0) is 11.2 Å². The zero-order valence-corrected chi connectivity index (χ0v) is 14.8. The van der Waals surface area contributed by atoms with E-state index in [9.17, 15) is 4.79 Å². The van der Waals surface area contributed by atoms with Crippen LogP contribution in [0.5, 0.6) is 11.5 Å². The van der Waals surface area contributed by atoms with Crippen LogP contribution in [0.15, 0.2) is 48.5 Å². The lowest BCUT2D eigenvalue weighted by Gasteiger charge is -2.21. The molecular weight excluding hydrogens is 314 g/mol. The Labute approximate surface area is 149 Å². The van der Waals surface area contributed by atoms with E-state index in [0.717, 1.165) is 29.0 Å². The van der Waals surface area contributed by atoms with E-state index in [1.54, 1.807) is 0 Å². The Morgan fingerprint density at radius 3 is 2.60 bits per heavy atom. The minimum atomic E-state index is 0.0606. The molecule has 0 saturated carbocycles. The molecule has 1 unspecified atom stereocenters. The number of aryl methyl sites for hydroxylation is 1. The molecule has 1 heterocycles. The average Bonchev–Trinajstić information content (AvgIpc) is 3.07. The van der Waals surface area contributed by atoms with E-state index in [-0.39, 0.29) is 18.7 Å².